The first-order chi connectivity index (χ1) is 8.34. The van der Waals surface area contributed by atoms with Crippen LogP contribution in [0.1, 0.15) is 66.7 Å². The van der Waals surface area contributed by atoms with Crippen LogP contribution in [0.15, 0.2) is 12.3 Å². The Kier molecular flexibility index (Phi) is 9.17. The van der Waals surface area contributed by atoms with Crippen molar-refractivity contribution in [3.8, 4) is 0 Å². The van der Waals surface area contributed by atoms with Gasteiger partial charge in [0.1, 0.15) is 0 Å². The lowest BCUT2D eigenvalue weighted by atomic mass is 9.93. The third-order valence-corrected chi connectivity index (χ3v) is 3.15. The molecule has 108 valence electrons. The molecule has 0 radical (unpaired) electrons. The van der Waals surface area contributed by atoms with Crippen molar-refractivity contribution in [2.75, 3.05) is 13.1 Å². The Bertz CT molecular complexity index is 214. The summed E-state index contributed by atoms with van der Waals surface area (Å²) in [5.41, 5.74) is 1.34. The van der Waals surface area contributed by atoms with E-state index in [2.05, 4.69) is 51.8 Å². The normalized spacial score (nSPS) is 11.9. The fraction of sp³-hybridized carbons (Fsp3) is 0.875. The Morgan fingerprint density at radius 1 is 0.944 bits per heavy atom. The van der Waals surface area contributed by atoms with Crippen molar-refractivity contribution in [2.24, 2.45) is 5.41 Å². The van der Waals surface area contributed by atoms with Crippen molar-refractivity contribution in [1.29, 1.82) is 0 Å². The summed E-state index contributed by atoms with van der Waals surface area (Å²) in [6.07, 6.45) is 6.59. The summed E-state index contributed by atoms with van der Waals surface area (Å²) in [5.74, 6) is 0. The van der Waals surface area contributed by atoms with Gasteiger partial charge >= 0.3 is 0 Å². The fourth-order valence-corrected chi connectivity index (χ4v) is 1.68. The second-order valence-corrected chi connectivity index (χ2v) is 6.53. The molecule has 0 bridgehead atoms. The minimum absolute atomic E-state index is 0.183. The summed E-state index contributed by atoms with van der Waals surface area (Å²) in [6.45, 7) is 17.3. The number of rotatable bonds is 10. The first-order valence-electron chi connectivity index (χ1n) is 7.50. The van der Waals surface area contributed by atoms with Crippen molar-refractivity contribution in [3.63, 3.8) is 0 Å². The molecule has 0 aromatic heterocycles. The summed E-state index contributed by atoms with van der Waals surface area (Å²) in [4.78, 5) is 0. The molecule has 0 fully saturated rings. The summed E-state index contributed by atoms with van der Waals surface area (Å²) >= 11 is 0. The van der Waals surface area contributed by atoms with Crippen LogP contribution in [0.25, 0.3) is 0 Å². The summed E-state index contributed by atoms with van der Waals surface area (Å²) in [6, 6.07) is 0.623. The van der Waals surface area contributed by atoms with E-state index < -0.39 is 0 Å². The van der Waals surface area contributed by atoms with Crippen LogP contribution in [0, 0.1) is 5.41 Å². The van der Waals surface area contributed by atoms with E-state index in [1.165, 1.54) is 32.1 Å². The van der Waals surface area contributed by atoms with Gasteiger partial charge < -0.3 is 10.6 Å². The molecule has 2 nitrogen and oxygen atoms in total. The molecule has 0 spiro atoms. The van der Waals surface area contributed by atoms with E-state index in [1.54, 1.807) is 0 Å². The molecule has 0 atom stereocenters. The highest BCUT2D eigenvalue weighted by molar-refractivity contribution is 5.02. The van der Waals surface area contributed by atoms with E-state index in [0.29, 0.717) is 6.04 Å². The van der Waals surface area contributed by atoms with Crippen molar-refractivity contribution >= 4 is 0 Å². The van der Waals surface area contributed by atoms with Gasteiger partial charge in [0.05, 0.1) is 0 Å². The zero-order chi connectivity index (χ0) is 14.0. The number of hydrogen-bond donors (Lipinski definition) is 2. The van der Waals surface area contributed by atoms with Crippen LogP contribution in [0.5, 0.6) is 0 Å². The van der Waals surface area contributed by atoms with Gasteiger partial charge in [0.15, 0.2) is 0 Å². The van der Waals surface area contributed by atoms with Gasteiger partial charge in [-0.05, 0) is 19.4 Å². The van der Waals surface area contributed by atoms with Crippen LogP contribution in [-0.2, 0) is 0 Å². The van der Waals surface area contributed by atoms with E-state index in [9.17, 15) is 0 Å². The zero-order valence-corrected chi connectivity index (χ0v) is 13.2. The number of allylic oxidation sites excluding steroid dienone is 1. The average molecular weight is 254 g/mol. The molecule has 0 aromatic carbocycles. The lowest BCUT2D eigenvalue weighted by Crippen LogP contribution is -2.24. The molecule has 0 aromatic rings. The van der Waals surface area contributed by atoms with E-state index >= 15 is 0 Å². The Morgan fingerprint density at radius 3 is 1.94 bits per heavy atom. The van der Waals surface area contributed by atoms with E-state index in [1.807, 2.05) is 0 Å². The lowest BCUT2D eigenvalue weighted by molar-refractivity contribution is 0.455. The molecule has 18 heavy (non-hydrogen) atoms. The Hall–Kier alpha value is -0.500. The third kappa shape index (κ3) is 10.6. The maximum Gasteiger partial charge on any atom is 0.0143 e. The molecule has 2 N–H and O–H groups in total. The molecule has 0 rings (SSSR count). The SMILES string of the molecule is C=C(NCCCCCCCNC(C)C)C(C)(C)C. The molecule has 0 unspecified atom stereocenters. The zero-order valence-electron chi connectivity index (χ0n) is 13.2. The number of hydrogen-bond acceptors (Lipinski definition) is 2. The second kappa shape index (κ2) is 9.43. The standard InChI is InChI=1S/C16H34N2/c1-14(2)17-12-10-8-7-9-11-13-18-15(3)16(4,5)6/h14,17-18H,3,7-13H2,1-2,4-6H3. The average Bonchev–Trinajstić information content (AvgIpc) is 2.24. The van der Waals surface area contributed by atoms with Gasteiger partial charge in [-0.1, -0.05) is 60.5 Å². The van der Waals surface area contributed by atoms with Gasteiger partial charge in [0.25, 0.3) is 0 Å². The summed E-state index contributed by atoms with van der Waals surface area (Å²) in [5, 5.41) is 6.89. The van der Waals surface area contributed by atoms with E-state index in [-0.39, 0.29) is 5.41 Å². The van der Waals surface area contributed by atoms with Crippen molar-refractivity contribution in [2.45, 2.75) is 72.8 Å². The van der Waals surface area contributed by atoms with Gasteiger partial charge in [-0.3, -0.25) is 0 Å². The van der Waals surface area contributed by atoms with Crippen LogP contribution in [0.3, 0.4) is 0 Å². The van der Waals surface area contributed by atoms with Crippen LogP contribution < -0.4 is 10.6 Å². The van der Waals surface area contributed by atoms with E-state index in [0.717, 1.165) is 18.8 Å². The smallest absolute Gasteiger partial charge is 0.0143 e. The second-order valence-electron chi connectivity index (χ2n) is 6.53. The quantitative estimate of drug-likeness (QED) is 0.574. The van der Waals surface area contributed by atoms with Crippen LogP contribution in [0.4, 0.5) is 0 Å². The molecule has 2 heteroatoms. The predicted octanol–water partition coefficient (Wildman–Crippen LogP) is 4.08. The van der Waals surface area contributed by atoms with Crippen molar-refractivity contribution in [3.05, 3.63) is 12.3 Å². The first kappa shape index (κ1) is 17.5. The van der Waals surface area contributed by atoms with Crippen LogP contribution in [0.2, 0.25) is 0 Å². The number of unbranched alkanes of at least 4 members (excludes halogenated alkanes) is 4. The third-order valence-electron chi connectivity index (χ3n) is 3.15. The number of nitrogens with one attached hydrogen (secondary N) is 2. The molecule has 0 aliphatic rings. The molecule has 0 amide bonds. The highest BCUT2D eigenvalue weighted by Crippen LogP contribution is 2.20. The minimum Gasteiger partial charge on any atom is -0.388 e. The molecule has 0 aliphatic carbocycles. The van der Waals surface area contributed by atoms with Crippen molar-refractivity contribution < 1.29 is 0 Å². The van der Waals surface area contributed by atoms with Gasteiger partial charge in [-0.25, -0.2) is 0 Å². The molecule has 0 heterocycles. The van der Waals surface area contributed by atoms with Gasteiger partial charge in [0.2, 0.25) is 0 Å². The van der Waals surface area contributed by atoms with Gasteiger partial charge in [-0.15, -0.1) is 0 Å². The first-order valence-corrected chi connectivity index (χ1v) is 7.50. The predicted molar refractivity (Wildman–Crippen MR) is 82.8 cm³/mol. The maximum absolute atomic E-state index is 4.08. The molecule has 0 aliphatic heterocycles. The largest absolute Gasteiger partial charge is 0.388 e. The van der Waals surface area contributed by atoms with Gasteiger partial charge in [0, 0.05) is 23.7 Å². The Morgan fingerprint density at radius 2 is 1.44 bits per heavy atom. The topological polar surface area (TPSA) is 24.1 Å². The lowest BCUT2D eigenvalue weighted by Gasteiger charge is -2.23. The molecular formula is C16H34N2. The maximum atomic E-state index is 4.08. The van der Waals surface area contributed by atoms with Crippen molar-refractivity contribution in [1.82, 2.24) is 10.6 Å². The van der Waals surface area contributed by atoms with Gasteiger partial charge in [-0.2, -0.15) is 0 Å². The minimum atomic E-state index is 0.183. The Labute approximate surface area is 115 Å². The molecule has 0 saturated heterocycles. The van der Waals surface area contributed by atoms with Crippen LogP contribution >= 0.6 is 0 Å². The monoisotopic (exact) mass is 254 g/mol. The molecule has 0 saturated carbocycles. The van der Waals surface area contributed by atoms with E-state index in [4.69, 9.17) is 0 Å². The summed E-state index contributed by atoms with van der Waals surface area (Å²) in [7, 11) is 0. The fourth-order valence-electron chi connectivity index (χ4n) is 1.68. The highest BCUT2D eigenvalue weighted by Gasteiger charge is 2.13. The highest BCUT2D eigenvalue weighted by atomic mass is 14.9. The molecular weight excluding hydrogens is 220 g/mol. The Balaban J connectivity index is 3.24. The summed E-state index contributed by atoms with van der Waals surface area (Å²) < 4.78 is 0. The van der Waals surface area contributed by atoms with Crippen LogP contribution in [-0.4, -0.2) is 19.1 Å².